The van der Waals surface area contributed by atoms with Crippen LogP contribution in [0, 0.1) is 5.92 Å². The van der Waals surface area contributed by atoms with Crippen LogP contribution in [0.15, 0.2) is 64.7 Å². The van der Waals surface area contributed by atoms with Gasteiger partial charge in [-0.15, -0.1) is 6.58 Å². The topological polar surface area (TPSA) is 288 Å². The number of rotatable bonds is 11. The number of carbonyl (C=O) groups excluding carboxylic acids is 1. The minimum Gasteiger partial charge on any atom is -0.478 e. The third kappa shape index (κ3) is 7.25. The normalized spacial score (nSPS) is 33.6. The Labute approximate surface area is 256 Å². The number of guanidine groups is 1. The number of aliphatic hydroxyl groups is 7. The number of ether oxygens (including phenoxy) is 4. The molecule has 250 valence electrons. The maximum atomic E-state index is 12.8. The van der Waals surface area contributed by atoms with E-state index in [2.05, 4.69) is 16.9 Å². The number of methoxy groups -OCH3 is 1. The van der Waals surface area contributed by atoms with Gasteiger partial charge in [0.15, 0.2) is 18.4 Å². The third-order valence-corrected chi connectivity index (χ3v) is 7.51. The molecule has 0 spiro atoms. The van der Waals surface area contributed by atoms with Crippen molar-refractivity contribution < 1.29 is 74.3 Å². The van der Waals surface area contributed by atoms with Crippen LogP contribution < -0.4 is 16.0 Å². The number of carboxylic acids is 1. The van der Waals surface area contributed by atoms with Crippen molar-refractivity contribution in [2.24, 2.45) is 16.6 Å². The van der Waals surface area contributed by atoms with Crippen LogP contribution in [0.4, 0.5) is 0 Å². The van der Waals surface area contributed by atoms with Gasteiger partial charge >= 0.3 is 11.9 Å². The average molecular weight is 644 g/mol. The van der Waals surface area contributed by atoms with Crippen molar-refractivity contribution in [3.8, 4) is 0 Å². The lowest BCUT2D eigenvalue weighted by molar-refractivity contribution is -0.843. The second kappa shape index (κ2) is 14.6. The van der Waals surface area contributed by atoms with Gasteiger partial charge in [0, 0.05) is 7.05 Å². The predicted molar refractivity (Wildman–Crippen MR) is 150 cm³/mol. The summed E-state index contributed by atoms with van der Waals surface area (Å²) in [5, 5.41) is 84.7. The van der Waals surface area contributed by atoms with E-state index in [9.17, 15) is 50.4 Å². The van der Waals surface area contributed by atoms with E-state index < -0.39 is 72.3 Å². The summed E-state index contributed by atoms with van der Waals surface area (Å²) >= 11 is 0. The molecule has 0 bridgehead atoms. The Kier molecular flexibility index (Phi) is 11.6. The summed E-state index contributed by atoms with van der Waals surface area (Å²) in [6.45, 7) is 2.57. The van der Waals surface area contributed by atoms with Gasteiger partial charge in [-0.2, -0.15) is 0 Å². The molecule has 18 heteroatoms. The first kappa shape index (κ1) is 35.8. The molecule has 3 aliphatic rings. The number of esters is 1. The number of nitrogens with zero attached hydrogens (tertiary/aromatic N) is 1. The van der Waals surface area contributed by atoms with Gasteiger partial charge < -0.3 is 75.8 Å². The number of allylic oxidation sites excluding steroid dienone is 1. The highest BCUT2D eigenvalue weighted by Crippen LogP contribution is 2.40. The van der Waals surface area contributed by atoms with Crippen LogP contribution in [0.1, 0.15) is 0 Å². The third-order valence-electron chi connectivity index (χ3n) is 7.51. The van der Waals surface area contributed by atoms with Crippen LogP contribution in [0.25, 0.3) is 0 Å². The number of hydrogen-bond acceptors (Lipinski definition) is 14. The first-order valence-corrected chi connectivity index (χ1v) is 13.5. The molecule has 1 unspecified atom stereocenters. The molecule has 8 atom stereocenters. The van der Waals surface area contributed by atoms with Gasteiger partial charge in [-0.3, -0.25) is 4.99 Å². The lowest BCUT2D eigenvalue weighted by atomic mass is 9.78. The SMILES string of the molecule is C=C[C@H]1[C@H](O[C@@H]2O[C@H](CO)[C@@H](O)C(O)(O)[C@H]2O)OC=C(C(=O)OC)[C@@]1(O)/C=C/C1=C[NH+](CCO)CC(C(=O)O)=C1NC(N)=NC. The molecule has 0 amide bonds. The zero-order chi connectivity index (χ0) is 33.7. The number of nitrogens with two attached hydrogens (primary N) is 1. The van der Waals surface area contributed by atoms with E-state index in [-0.39, 0.29) is 42.5 Å². The van der Waals surface area contributed by atoms with Gasteiger partial charge in [-0.25, -0.2) is 9.59 Å². The number of hydrogen-bond donors (Lipinski definition) is 11. The standard InChI is InChI=1S/C27H38N4O14/c1-4-15-23(45-24-20(35)27(40,41)19(34)17(11-33)44-24)43-12-16(22(38)42-3)26(15,39)6-5-13-9-31(7-8-32)10-14(21(36)37)18(13)30-25(28)29-2/h4-6,9,12,15,17,19-20,23-24,32-35,39-41H,1,7-8,10-11H2,2-3H3,(H,36,37)(H3,28,29,30)/p+1/b6-5+/t15-,17+,19+,20-,23-,24-,26+/m0/s1. The fraction of sp³-hybridized carbons (Fsp3) is 0.519. The van der Waals surface area contributed by atoms with Crippen molar-refractivity contribution >= 4 is 17.9 Å². The van der Waals surface area contributed by atoms with E-state index in [0.717, 1.165) is 25.5 Å². The fourth-order valence-electron chi connectivity index (χ4n) is 4.98. The van der Waals surface area contributed by atoms with Gasteiger partial charge in [0.2, 0.25) is 12.1 Å². The maximum Gasteiger partial charge on any atom is 0.340 e. The highest BCUT2D eigenvalue weighted by molar-refractivity contribution is 5.92. The Morgan fingerprint density at radius 2 is 1.93 bits per heavy atom. The Bertz CT molecular complexity index is 1290. The van der Waals surface area contributed by atoms with Crippen LogP contribution in [0.3, 0.4) is 0 Å². The second-order valence-corrected chi connectivity index (χ2v) is 10.3. The quantitative estimate of drug-likeness (QED) is 0.0329. The zero-order valence-electron chi connectivity index (χ0n) is 24.4. The number of aliphatic carboxylic acids is 1. The van der Waals surface area contributed by atoms with Crippen LogP contribution >= 0.6 is 0 Å². The summed E-state index contributed by atoms with van der Waals surface area (Å²) in [5.74, 6) is -7.08. The molecule has 3 aliphatic heterocycles. The van der Waals surface area contributed by atoms with Gasteiger partial charge in [-0.05, 0) is 12.2 Å². The Morgan fingerprint density at radius 1 is 1.24 bits per heavy atom. The lowest BCUT2D eigenvalue weighted by Crippen LogP contribution is -3.09. The monoisotopic (exact) mass is 643 g/mol. The number of carboxylic acid groups (broad SMARTS) is 1. The minimum atomic E-state index is -3.19. The summed E-state index contributed by atoms with van der Waals surface area (Å²) in [6.07, 6.45) is -3.77. The number of aliphatic imine (C=N–C) groups is 1. The van der Waals surface area contributed by atoms with Gasteiger partial charge in [-0.1, -0.05) is 6.08 Å². The second-order valence-electron chi connectivity index (χ2n) is 10.3. The summed E-state index contributed by atoms with van der Waals surface area (Å²) in [4.78, 5) is 29.3. The van der Waals surface area contributed by atoms with E-state index in [1.807, 2.05) is 0 Å². The van der Waals surface area contributed by atoms with Crippen molar-refractivity contribution in [2.75, 3.05) is 40.5 Å². The van der Waals surface area contributed by atoms with Crippen molar-refractivity contribution in [3.05, 3.63) is 59.7 Å². The minimum absolute atomic E-state index is 0.0142. The predicted octanol–water partition coefficient (Wildman–Crippen LogP) is -5.73. The molecule has 1 fully saturated rings. The van der Waals surface area contributed by atoms with E-state index in [1.165, 1.54) is 13.1 Å². The van der Waals surface area contributed by atoms with E-state index in [0.29, 0.717) is 4.90 Å². The molecule has 18 nitrogen and oxygen atoms in total. The zero-order valence-corrected chi connectivity index (χ0v) is 24.4. The molecule has 0 radical (unpaired) electrons. The Hall–Kier alpha value is -3.69. The average Bonchev–Trinajstić information content (AvgIpc) is 3.01. The Morgan fingerprint density at radius 3 is 2.49 bits per heavy atom. The molecule has 12 N–H and O–H groups in total. The smallest absolute Gasteiger partial charge is 0.340 e. The number of carbonyl (C=O) groups is 2. The summed E-state index contributed by atoms with van der Waals surface area (Å²) in [5.41, 5.74) is 3.04. The molecule has 1 saturated heterocycles. The molecule has 3 rings (SSSR count). The highest BCUT2D eigenvalue weighted by atomic mass is 16.8. The first-order chi connectivity index (χ1) is 21.2. The summed E-state index contributed by atoms with van der Waals surface area (Å²) in [7, 11) is 2.42. The van der Waals surface area contributed by atoms with E-state index in [4.69, 9.17) is 24.7 Å². The highest BCUT2D eigenvalue weighted by Gasteiger charge is 2.57. The van der Waals surface area contributed by atoms with Crippen LogP contribution in [0.5, 0.6) is 0 Å². The van der Waals surface area contributed by atoms with Gasteiger partial charge in [0.05, 0.1) is 37.5 Å². The summed E-state index contributed by atoms with van der Waals surface area (Å²) < 4.78 is 21.2. The number of nitrogens with one attached hydrogen (secondary N) is 2. The van der Waals surface area contributed by atoms with E-state index in [1.54, 1.807) is 6.20 Å². The summed E-state index contributed by atoms with van der Waals surface area (Å²) in [6, 6.07) is 0. The van der Waals surface area contributed by atoms with Gasteiger partial charge in [0.25, 0.3) is 0 Å². The molecule has 45 heavy (non-hydrogen) atoms. The van der Waals surface area contributed by atoms with Crippen molar-refractivity contribution in [1.29, 1.82) is 0 Å². The van der Waals surface area contributed by atoms with Gasteiger partial charge in [0.1, 0.15) is 54.5 Å². The molecular weight excluding hydrogens is 604 g/mol. The first-order valence-electron chi connectivity index (χ1n) is 13.5. The largest absolute Gasteiger partial charge is 0.478 e. The van der Waals surface area contributed by atoms with Crippen molar-refractivity contribution in [3.63, 3.8) is 0 Å². The number of quaternary nitrogens is 1. The van der Waals surface area contributed by atoms with Crippen molar-refractivity contribution in [1.82, 2.24) is 5.32 Å². The molecule has 0 aromatic rings. The fourth-order valence-corrected chi connectivity index (χ4v) is 4.98. The number of aliphatic hydroxyl groups excluding tert-OH is 4. The van der Waals surface area contributed by atoms with Crippen LogP contribution in [-0.2, 0) is 28.5 Å². The molecule has 0 aliphatic carbocycles. The Balaban J connectivity index is 2.09. The molecule has 3 heterocycles. The molecular formula is C27H39N4O14+. The van der Waals surface area contributed by atoms with Crippen LogP contribution in [0.2, 0.25) is 0 Å². The van der Waals surface area contributed by atoms with Crippen molar-refractivity contribution in [2.45, 2.75) is 42.3 Å². The molecule has 0 saturated carbocycles. The maximum absolute atomic E-state index is 12.8. The molecule has 0 aromatic carbocycles. The van der Waals surface area contributed by atoms with E-state index >= 15 is 0 Å². The van der Waals surface area contributed by atoms with Crippen LogP contribution in [-0.4, -0.2) is 141 Å². The molecule has 0 aromatic heterocycles. The lowest BCUT2D eigenvalue weighted by Gasteiger charge is -2.47.